The predicted molar refractivity (Wildman–Crippen MR) is 262 cm³/mol. The van der Waals surface area contributed by atoms with Crippen molar-refractivity contribution in [1.29, 1.82) is 0 Å². The number of nitrogens with one attached hydrogen (secondary N) is 4. The number of aromatic nitrogens is 3. The number of ether oxygens (including phenoxy) is 1. The fourth-order valence-corrected chi connectivity index (χ4v) is 12.9. The number of unbranched alkanes of at least 4 members (excludes halogenated alkanes) is 3. The molecule has 61 heavy (non-hydrogen) atoms. The molecular weight excluding hydrogens is 775 g/mol. The van der Waals surface area contributed by atoms with Crippen molar-refractivity contribution in [2.45, 2.75) is 269 Å². The summed E-state index contributed by atoms with van der Waals surface area (Å²) in [6.45, 7) is 36.7. The molecule has 12 heteroatoms. The monoisotopic (exact) mass is 872 g/mol. The van der Waals surface area contributed by atoms with Crippen molar-refractivity contribution >= 4 is 20.2 Å². The summed E-state index contributed by atoms with van der Waals surface area (Å²) in [6.07, 6.45) is 19.4. The summed E-state index contributed by atoms with van der Waals surface area (Å²) in [6, 6.07) is 2.46. The van der Waals surface area contributed by atoms with Gasteiger partial charge in [0.25, 0.3) is 0 Å². The molecule has 1 saturated carbocycles. The first-order valence-corrected chi connectivity index (χ1v) is 27.8. The van der Waals surface area contributed by atoms with Crippen molar-refractivity contribution in [2.24, 2.45) is 0 Å². The Hall–Kier alpha value is -1.41. The first-order valence-electron chi connectivity index (χ1n) is 24.7. The van der Waals surface area contributed by atoms with Crippen LogP contribution in [0.5, 0.6) is 0 Å². The zero-order valence-electron chi connectivity index (χ0n) is 42.5. The number of anilines is 2. The number of hydrogen-bond acceptors (Lipinski definition) is 11. The third kappa shape index (κ3) is 18.9. The lowest BCUT2D eigenvalue weighted by Gasteiger charge is -2.49. The number of nitrogens with zero attached hydrogens (tertiary/aromatic N) is 5. The van der Waals surface area contributed by atoms with E-state index in [1.807, 2.05) is 20.0 Å². The van der Waals surface area contributed by atoms with Crippen LogP contribution in [0, 0.1) is 6.92 Å². The highest BCUT2D eigenvalue weighted by atomic mass is 28.4. The van der Waals surface area contributed by atoms with E-state index in [4.69, 9.17) is 19.7 Å². The van der Waals surface area contributed by atoms with Crippen LogP contribution in [0.3, 0.4) is 0 Å². The Morgan fingerprint density at radius 2 is 1.11 bits per heavy atom. The van der Waals surface area contributed by atoms with Crippen LogP contribution in [0.2, 0.25) is 19.1 Å². The van der Waals surface area contributed by atoms with E-state index in [0.717, 1.165) is 75.4 Å². The molecule has 1 aromatic heterocycles. The standard InChI is InChI=1S/C35H66N8.C14H31NO2Si/c1-26-36-30(38-27-18-14-13-15-19-27)39-31(37-26)43(29-24-34(6,7)41-35(8,9)25-29)21-17-12-11-16-20-42(10)28-22-32(2,3)40-33(4,5)23-28;1-13(2)10-12(11-14(3,4)15-13)17-8-7-9-18(5,6)16/h27-29,40-41H,11-25H2,1-10H3,(H,36,37,38,39);12,15-16H,7-11H2,1-6H3. The van der Waals surface area contributed by atoms with Crippen LogP contribution < -0.4 is 26.2 Å². The third-order valence-corrected chi connectivity index (χ3v) is 15.0. The number of hydrogen-bond donors (Lipinski definition) is 5. The summed E-state index contributed by atoms with van der Waals surface area (Å²) in [5.74, 6) is 2.44. The van der Waals surface area contributed by atoms with E-state index in [1.54, 1.807) is 0 Å². The first-order chi connectivity index (χ1) is 28.0. The SMILES string of the molecule is CC1(C)CC(OCCC[Si](C)(C)O)CC(C)(C)N1.Cc1nc(NC2CCCCC2)nc(N(CCCCCCN(C)C2CC(C)(C)NC(C)(C)C2)C2CC(C)(C)NC(C)(C)C2)n1. The molecule has 0 bridgehead atoms. The highest BCUT2D eigenvalue weighted by Gasteiger charge is 2.42. The van der Waals surface area contributed by atoms with E-state index in [9.17, 15) is 4.80 Å². The number of rotatable bonds is 17. The molecule has 3 saturated heterocycles. The molecule has 1 aliphatic carbocycles. The molecule has 4 heterocycles. The van der Waals surface area contributed by atoms with Gasteiger partial charge in [0, 0.05) is 64.5 Å². The zero-order valence-corrected chi connectivity index (χ0v) is 43.5. The van der Waals surface area contributed by atoms with E-state index >= 15 is 0 Å². The minimum atomic E-state index is -1.89. The normalized spacial score (nSPS) is 24.2. The molecule has 4 fully saturated rings. The van der Waals surface area contributed by atoms with Crippen LogP contribution in [0.4, 0.5) is 11.9 Å². The Kier molecular flexibility index (Phi) is 18.2. The number of aryl methyl sites for hydroxylation is 1. The number of piperidine rings is 3. The fourth-order valence-electron chi connectivity index (χ4n) is 11.9. The summed E-state index contributed by atoms with van der Waals surface area (Å²) in [5, 5.41) is 15.0. The minimum absolute atomic E-state index is 0.0677. The Bertz CT molecular complexity index is 1440. The Labute approximate surface area is 376 Å². The molecule has 11 nitrogen and oxygen atoms in total. The van der Waals surface area contributed by atoms with Crippen molar-refractivity contribution in [1.82, 2.24) is 35.8 Å². The third-order valence-electron chi connectivity index (χ3n) is 13.4. The first kappa shape index (κ1) is 52.2. The van der Waals surface area contributed by atoms with Crippen LogP contribution in [0.25, 0.3) is 0 Å². The van der Waals surface area contributed by atoms with Crippen LogP contribution in [-0.2, 0) is 4.74 Å². The molecule has 0 atom stereocenters. The van der Waals surface area contributed by atoms with E-state index in [1.165, 1.54) is 70.8 Å². The fraction of sp³-hybridized carbons (Fsp3) is 0.939. The highest BCUT2D eigenvalue weighted by molar-refractivity contribution is 6.69. The highest BCUT2D eigenvalue weighted by Crippen LogP contribution is 2.35. The molecule has 354 valence electrons. The van der Waals surface area contributed by atoms with E-state index in [0.29, 0.717) is 24.2 Å². The average Bonchev–Trinajstić information content (AvgIpc) is 3.05. The van der Waals surface area contributed by atoms with Gasteiger partial charge in [-0.15, -0.1) is 0 Å². The lowest BCUT2D eigenvalue weighted by molar-refractivity contribution is -0.0215. The topological polar surface area (TPSA) is 123 Å². The molecule has 1 aromatic rings. The molecular formula is C49H97N9O2Si. The summed E-state index contributed by atoms with van der Waals surface area (Å²) in [4.78, 5) is 29.7. The second-order valence-electron chi connectivity index (χ2n) is 24.7. The van der Waals surface area contributed by atoms with Crippen molar-refractivity contribution in [3.63, 3.8) is 0 Å². The van der Waals surface area contributed by atoms with E-state index < -0.39 is 8.32 Å². The summed E-state index contributed by atoms with van der Waals surface area (Å²) in [5.41, 5.74) is 0.827. The average molecular weight is 872 g/mol. The summed E-state index contributed by atoms with van der Waals surface area (Å²) >= 11 is 0. The van der Waals surface area contributed by atoms with Crippen LogP contribution in [0.15, 0.2) is 0 Å². The molecule has 0 spiro atoms. The van der Waals surface area contributed by atoms with Gasteiger partial charge in [-0.1, -0.05) is 32.1 Å². The smallest absolute Gasteiger partial charge is 0.230 e. The van der Waals surface area contributed by atoms with Gasteiger partial charge in [-0.25, -0.2) is 0 Å². The van der Waals surface area contributed by atoms with Crippen LogP contribution in [0.1, 0.15) is 192 Å². The van der Waals surface area contributed by atoms with Gasteiger partial charge < -0.3 is 40.6 Å². The molecule has 0 amide bonds. The molecule has 5 rings (SSSR count). The zero-order chi connectivity index (χ0) is 45.5. The minimum Gasteiger partial charge on any atom is -0.432 e. The van der Waals surface area contributed by atoms with Crippen LogP contribution >= 0.6 is 0 Å². The lowest BCUT2D eigenvalue weighted by atomic mass is 9.79. The molecule has 0 aromatic carbocycles. The van der Waals surface area contributed by atoms with Gasteiger partial charge in [0.2, 0.25) is 11.9 Å². The Balaban J connectivity index is 0.000000381. The summed E-state index contributed by atoms with van der Waals surface area (Å²) in [7, 11) is 0.447. The molecule has 5 N–H and O–H groups in total. The van der Waals surface area contributed by atoms with Gasteiger partial charge in [0.05, 0.1) is 6.10 Å². The van der Waals surface area contributed by atoms with Gasteiger partial charge in [-0.3, -0.25) is 0 Å². The van der Waals surface area contributed by atoms with Crippen molar-refractivity contribution in [2.75, 3.05) is 37.0 Å². The summed E-state index contributed by atoms with van der Waals surface area (Å²) < 4.78 is 6.02. The predicted octanol–water partition coefficient (Wildman–Crippen LogP) is 9.74. The van der Waals surface area contributed by atoms with Crippen molar-refractivity contribution in [3.05, 3.63) is 5.82 Å². The van der Waals surface area contributed by atoms with E-state index in [-0.39, 0.29) is 33.2 Å². The molecule has 0 unspecified atom stereocenters. The maximum atomic E-state index is 9.79. The van der Waals surface area contributed by atoms with Gasteiger partial charge in [0.15, 0.2) is 8.32 Å². The van der Waals surface area contributed by atoms with E-state index in [2.05, 4.69) is 121 Å². The lowest BCUT2D eigenvalue weighted by Crippen LogP contribution is -2.62. The largest absolute Gasteiger partial charge is 0.432 e. The quantitative estimate of drug-likeness (QED) is 0.0760. The van der Waals surface area contributed by atoms with Crippen LogP contribution in [-0.4, -0.2) is 117 Å². The molecule has 3 aliphatic heterocycles. The second-order valence-corrected chi connectivity index (χ2v) is 28.8. The second kappa shape index (κ2) is 21.3. The maximum Gasteiger partial charge on any atom is 0.230 e. The van der Waals surface area contributed by atoms with Crippen molar-refractivity contribution in [3.8, 4) is 0 Å². The van der Waals surface area contributed by atoms with Gasteiger partial charge >= 0.3 is 0 Å². The maximum absolute atomic E-state index is 9.79. The van der Waals surface area contributed by atoms with Crippen molar-refractivity contribution < 1.29 is 9.53 Å². The Morgan fingerprint density at radius 3 is 1.62 bits per heavy atom. The molecule has 4 aliphatic rings. The van der Waals surface area contributed by atoms with Gasteiger partial charge in [0.1, 0.15) is 5.82 Å². The van der Waals surface area contributed by atoms with Gasteiger partial charge in [-0.05, 0) is 193 Å². The molecule has 0 radical (unpaired) electrons. The Morgan fingerprint density at radius 1 is 0.639 bits per heavy atom. The van der Waals surface area contributed by atoms with Gasteiger partial charge in [-0.2, -0.15) is 15.0 Å².